The standard InChI is InChI=1S/C20H20N2O5S/c1-21(2)7-8-22-17(15-4-3-9-28-15)16(19(24)20(22)25)18(23)12-5-6-13-14(10-12)27-11-26-13/h3-6,9-10,17,23H,7-8,11H2,1-2H3/b18-16-. The van der Waals surface area contributed by atoms with Crippen LogP contribution in [0.15, 0.2) is 41.3 Å². The highest BCUT2D eigenvalue weighted by molar-refractivity contribution is 7.10. The van der Waals surface area contributed by atoms with Crippen LogP contribution < -0.4 is 9.47 Å². The molecule has 1 unspecified atom stereocenters. The molecular weight excluding hydrogens is 380 g/mol. The highest BCUT2D eigenvalue weighted by Gasteiger charge is 2.46. The van der Waals surface area contributed by atoms with Crippen LogP contribution in [-0.4, -0.2) is 60.6 Å². The number of fused-ring (bicyclic) bond motifs is 1. The number of thiophene rings is 1. The average Bonchev–Trinajstić information content (AvgIpc) is 3.40. The monoisotopic (exact) mass is 400 g/mol. The lowest BCUT2D eigenvalue weighted by Crippen LogP contribution is -2.35. The highest BCUT2D eigenvalue weighted by Crippen LogP contribution is 2.42. The number of rotatable bonds is 5. The van der Waals surface area contributed by atoms with Crippen molar-refractivity contribution >= 4 is 28.8 Å². The summed E-state index contributed by atoms with van der Waals surface area (Å²) in [5.41, 5.74) is 0.515. The smallest absolute Gasteiger partial charge is 0.295 e. The van der Waals surface area contributed by atoms with Crippen LogP contribution in [0.3, 0.4) is 0 Å². The lowest BCUT2D eigenvalue weighted by atomic mass is 9.99. The summed E-state index contributed by atoms with van der Waals surface area (Å²) in [6.07, 6.45) is 0. The number of likely N-dealkylation sites (N-methyl/N-ethyl adjacent to an activating group) is 1. The second-order valence-electron chi connectivity index (χ2n) is 6.88. The summed E-state index contributed by atoms with van der Waals surface area (Å²) in [6.45, 7) is 1.11. The second kappa shape index (κ2) is 7.29. The first-order chi connectivity index (χ1) is 13.5. The third kappa shape index (κ3) is 3.14. The highest BCUT2D eigenvalue weighted by atomic mass is 32.1. The summed E-state index contributed by atoms with van der Waals surface area (Å²) < 4.78 is 10.7. The quantitative estimate of drug-likeness (QED) is 0.472. The van der Waals surface area contributed by atoms with Gasteiger partial charge in [0.05, 0.1) is 11.6 Å². The normalized spacial score (nSPS) is 20.4. The van der Waals surface area contributed by atoms with Crippen LogP contribution in [0.25, 0.3) is 5.76 Å². The first-order valence-electron chi connectivity index (χ1n) is 8.84. The molecule has 2 aliphatic rings. The predicted octanol–water partition coefficient (Wildman–Crippen LogP) is 2.46. The molecule has 7 nitrogen and oxygen atoms in total. The fourth-order valence-corrected chi connectivity index (χ4v) is 4.21. The van der Waals surface area contributed by atoms with Gasteiger partial charge in [0.1, 0.15) is 5.76 Å². The van der Waals surface area contributed by atoms with E-state index in [1.165, 1.54) is 16.2 Å². The van der Waals surface area contributed by atoms with Crippen molar-refractivity contribution in [3.8, 4) is 11.5 Å². The summed E-state index contributed by atoms with van der Waals surface area (Å²) in [5, 5.41) is 12.9. The molecule has 1 N–H and O–H groups in total. The molecule has 4 rings (SSSR count). The van der Waals surface area contributed by atoms with E-state index in [4.69, 9.17) is 9.47 Å². The third-order valence-electron chi connectivity index (χ3n) is 4.79. The Morgan fingerprint density at radius 2 is 2.04 bits per heavy atom. The number of Topliss-reactive ketones (excluding diaryl/α,β-unsaturated/α-hetero) is 1. The average molecular weight is 400 g/mol. The second-order valence-corrected chi connectivity index (χ2v) is 7.86. The third-order valence-corrected chi connectivity index (χ3v) is 5.71. The number of benzene rings is 1. The Balaban J connectivity index is 1.79. The van der Waals surface area contributed by atoms with E-state index >= 15 is 0 Å². The molecule has 1 aromatic carbocycles. The van der Waals surface area contributed by atoms with Crippen LogP contribution in [0.2, 0.25) is 0 Å². The molecule has 1 fully saturated rings. The number of ketones is 1. The summed E-state index contributed by atoms with van der Waals surface area (Å²) in [5.74, 6) is -0.395. The number of ether oxygens (including phenoxy) is 2. The van der Waals surface area contributed by atoms with Crippen molar-refractivity contribution in [2.24, 2.45) is 0 Å². The molecule has 0 saturated carbocycles. The van der Waals surface area contributed by atoms with Gasteiger partial charge in [-0.1, -0.05) is 6.07 Å². The van der Waals surface area contributed by atoms with Gasteiger partial charge in [0, 0.05) is 23.5 Å². The summed E-state index contributed by atoms with van der Waals surface area (Å²) in [4.78, 5) is 29.9. The van der Waals surface area contributed by atoms with Gasteiger partial charge in [0.15, 0.2) is 11.5 Å². The van der Waals surface area contributed by atoms with Gasteiger partial charge in [0.2, 0.25) is 6.79 Å². The minimum Gasteiger partial charge on any atom is -0.507 e. The molecule has 1 saturated heterocycles. The molecular formula is C20H20N2O5S. The minimum absolute atomic E-state index is 0.102. The fourth-order valence-electron chi connectivity index (χ4n) is 3.36. The van der Waals surface area contributed by atoms with Crippen LogP contribution in [0.4, 0.5) is 0 Å². The molecule has 1 atom stereocenters. The van der Waals surface area contributed by atoms with Crippen LogP contribution in [-0.2, 0) is 9.59 Å². The largest absolute Gasteiger partial charge is 0.507 e. The van der Waals surface area contributed by atoms with E-state index in [2.05, 4.69) is 0 Å². The summed E-state index contributed by atoms with van der Waals surface area (Å²) >= 11 is 1.45. The Hall–Kier alpha value is -2.84. The van der Waals surface area contributed by atoms with E-state index in [9.17, 15) is 14.7 Å². The van der Waals surface area contributed by atoms with Gasteiger partial charge in [-0.2, -0.15) is 0 Å². The van der Waals surface area contributed by atoms with Gasteiger partial charge in [-0.25, -0.2) is 0 Å². The van der Waals surface area contributed by atoms with Crippen molar-refractivity contribution < 1.29 is 24.2 Å². The molecule has 2 aliphatic heterocycles. The van der Waals surface area contributed by atoms with Gasteiger partial charge in [0.25, 0.3) is 11.7 Å². The van der Waals surface area contributed by atoms with E-state index in [1.807, 2.05) is 36.5 Å². The Morgan fingerprint density at radius 1 is 1.25 bits per heavy atom. The van der Waals surface area contributed by atoms with E-state index < -0.39 is 17.7 Å². The number of likely N-dealkylation sites (tertiary alicyclic amines) is 1. The van der Waals surface area contributed by atoms with Crippen molar-refractivity contribution in [2.75, 3.05) is 34.0 Å². The number of aliphatic hydroxyl groups excluding tert-OH is 1. The van der Waals surface area contributed by atoms with Crippen LogP contribution in [0, 0.1) is 0 Å². The van der Waals surface area contributed by atoms with Crippen LogP contribution in [0.5, 0.6) is 11.5 Å². The molecule has 146 valence electrons. The number of hydrogen-bond acceptors (Lipinski definition) is 7. The number of aliphatic hydroxyl groups is 1. The summed E-state index contributed by atoms with van der Waals surface area (Å²) in [7, 11) is 3.81. The molecule has 0 bridgehead atoms. The van der Waals surface area contributed by atoms with Gasteiger partial charge in [-0.15, -0.1) is 11.3 Å². The topological polar surface area (TPSA) is 79.3 Å². The summed E-state index contributed by atoms with van der Waals surface area (Å²) in [6, 6.07) is 8.09. The molecule has 3 heterocycles. The minimum atomic E-state index is -0.674. The van der Waals surface area contributed by atoms with E-state index in [0.29, 0.717) is 30.2 Å². The van der Waals surface area contributed by atoms with E-state index in [0.717, 1.165) is 4.88 Å². The van der Waals surface area contributed by atoms with Crippen molar-refractivity contribution in [1.29, 1.82) is 0 Å². The molecule has 0 aliphatic carbocycles. The van der Waals surface area contributed by atoms with Gasteiger partial charge >= 0.3 is 0 Å². The van der Waals surface area contributed by atoms with Gasteiger partial charge in [-0.05, 0) is 43.7 Å². The zero-order valence-corrected chi connectivity index (χ0v) is 16.4. The molecule has 0 spiro atoms. The maximum atomic E-state index is 12.8. The maximum Gasteiger partial charge on any atom is 0.295 e. The Morgan fingerprint density at radius 3 is 2.75 bits per heavy atom. The SMILES string of the molecule is CN(C)CCN1C(=O)C(=O)/C(=C(\O)c2ccc3c(c2)OCO3)C1c1cccs1. The van der Waals surface area contributed by atoms with Crippen LogP contribution in [0.1, 0.15) is 16.5 Å². The van der Waals surface area contributed by atoms with E-state index in [1.54, 1.807) is 18.2 Å². The fraction of sp³-hybridized carbons (Fsp3) is 0.300. The number of nitrogens with zero attached hydrogens (tertiary/aromatic N) is 2. The van der Waals surface area contributed by atoms with E-state index in [-0.39, 0.29) is 18.1 Å². The maximum absolute atomic E-state index is 12.8. The molecule has 1 amide bonds. The zero-order valence-electron chi connectivity index (χ0n) is 15.5. The van der Waals surface area contributed by atoms with Gasteiger partial charge in [-0.3, -0.25) is 9.59 Å². The lowest BCUT2D eigenvalue weighted by molar-refractivity contribution is -0.140. The Bertz CT molecular complexity index is 952. The predicted molar refractivity (Wildman–Crippen MR) is 104 cm³/mol. The number of carbonyl (C=O) groups excluding carboxylic acids is 2. The number of carbonyl (C=O) groups is 2. The van der Waals surface area contributed by atoms with Crippen molar-refractivity contribution in [3.05, 3.63) is 51.7 Å². The first-order valence-corrected chi connectivity index (χ1v) is 9.72. The van der Waals surface area contributed by atoms with Crippen molar-refractivity contribution in [1.82, 2.24) is 9.80 Å². The van der Waals surface area contributed by atoms with Crippen molar-refractivity contribution in [2.45, 2.75) is 6.04 Å². The Labute approximate surface area is 166 Å². The van der Waals surface area contributed by atoms with Crippen molar-refractivity contribution in [3.63, 3.8) is 0 Å². The number of amides is 1. The number of hydrogen-bond donors (Lipinski definition) is 1. The first kappa shape index (κ1) is 18.5. The Kier molecular flexibility index (Phi) is 4.82. The molecule has 8 heteroatoms. The van der Waals surface area contributed by atoms with Crippen LogP contribution >= 0.6 is 11.3 Å². The zero-order chi connectivity index (χ0) is 19.8. The molecule has 1 aromatic heterocycles. The molecule has 0 radical (unpaired) electrons. The van der Waals surface area contributed by atoms with Gasteiger partial charge < -0.3 is 24.4 Å². The molecule has 2 aromatic rings. The lowest BCUT2D eigenvalue weighted by Gasteiger charge is -2.25. The molecule has 28 heavy (non-hydrogen) atoms.